The number of hydrogen-bond acceptors (Lipinski definition) is 0. The SMILES string of the molecule is C1=CC2C=CC=C3c4c(c(-c5ccccc5)cc(-c5cc(-c6cccc7ccccc67)cc(-c6cccc7ccccc67)c5)c4-c4ccccc4)C(=C1)C32. The van der Waals surface area contributed by atoms with Crippen LogP contribution < -0.4 is 0 Å². The molecule has 0 aliphatic heterocycles. The number of rotatable bonds is 5. The van der Waals surface area contributed by atoms with E-state index in [1.165, 1.54) is 99.5 Å². The number of fused-ring (bicyclic) bond motifs is 5. The average molecular weight is 685 g/mol. The van der Waals surface area contributed by atoms with Crippen LogP contribution in [0.5, 0.6) is 0 Å². The zero-order chi connectivity index (χ0) is 35.6. The molecule has 2 atom stereocenters. The van der Waals surface area contributed by atoms with E-state index in [0.717, 1.165) is 0 Å². The molecule has 0 saturated heterocycles. The molecule has 8 aromatic rings. The lowest BCUT2D eigenvalue weighted by atomic mass is 9.77. The van der Waals surface area contributed by atoms with Crippen LogP contribution in [-0.4, -0.2) is 0 Å². The first-order chi connectivity index (χ1) is 26.8. The van der Waals surface area contributed by atoms with Crippen molar-refractivity contribution in [3.8, 4) is 55.6 Å². The van der Waals surface area contributed by atoms with Gasteiger partial charge in [0.2, 0.25) is 0 Å². The Bertz CT molecular complexity index is 2810. The molecule has 8 aromatic carbocycles. The van der Waals surface area contributed by atoms with Crippen molar-refractivity contribution in [2.24, 2.45) is 11.8 Å². The first-order valence-corrected chi connectivity index (χ1v) is 19.0. The quantitative estimate of drug-likeness (QED) is 0.169. The molecule has 0 aromatic heterocycles. The summed E-state index contributed by atoms with van der Waals surface area (Å²) >= 11 is 0. The van der Waals surface area contributed by atoms with Gasteiger partial charge in [-0.15, -0.1) is 0 Å². The highest BCUT2D eigenvalue weighted by Gasteiger charge is 2.41. The van der Waals surface area contributed by atoms with Gasteiger partial charge in [-0.25, -0.2) is 0 Å². The maximum Gasteiger partial charge on any atom is 0.0200 e. The van der Waals surface area contributed by atoms with Crippen molar-refractivity contribution in [2.45, 2.75) is 0 Å². The molecule has 0 spiro atoms. The van der Waals surface area contributed by atoms with Crippen LogP contribution in [0.2, 0.25) is 0 Å². The molecule has 0 heteroatoms. The summed E-state index contributed by atoms with van der Waals surface area (Å²) in [6.45, 7) is 0. The van der Waals surface area contributed by atoms with E-state index in [4.69, 9.17) is 0 Å². The lowest BCUT2D eigenvalue weighted by molar-refractivity contribution is 0.707. The molecule has 54 heavy (non-hydrogen) atoms. The minimum atomic E-state index is 0.309. The maximum absolute atomic E-state index is 2.51. The van der Waals surface area contributed by atoms with E-state index < -0.39 is 0 Å². The zero-order valence-corrected chi connectivity index (χ0v) is 29.8. The summed E-state index contributed by atoms with van der Waals surface area (Å²) in [7, 11) is 0. The van der Waals surface area contributed by atoms with Crippen molar-refractivity contribution in [2.75, 3.05) is 0 Å². The Labute approximate surface area is 316 Å². The summed E-state index contributed by atoms with van der Waals surface area (Å²) in [5, 5.41) is 5.02. The Balaban J connectivity index is 1.28. The third kappa shape index (κ3) is 4.84. The van der Waals surface area contributed by atoms with Crippen LogP contribution in [0.3, 0.4) is 0 Å². The van der Waals surface area contributed by atoms with Crippen molar-refractivity contribution in [3.63, 3.8) is 0 Å². The first-order valence-electron chi connectivity index (χ1n) is 19.0. The van der Waals surface area contributed by atoms with E-state index in [0.29, 0.717) is 11.8 Å². The standard InChI is InChI=1S/C54H36/c1-3-15-37(16-4-1)49-34-50(52(39-19-5-2-6-20-39)54-48-30-14-24-38-23-13-29-47(51(38)48)53(49)54)42-32-40(45-27-11-21-35-17-7-9-25-43(35)45)31-41(33-42)46-28-12-22-36-18-8-10-26-44(36)46/h1-34,38,51H. The van der Waals surface area contributed by atoms with Crippen LogP contribution in [0.4, 0.5) is 0 Å². The molecule has 0 heterocycles. The molecule has 0 amide bonds. The van der Waals surface area contributed by atoms with Crippen molar-refractivity contribution >= 4 is 32.7 Å². The summed E-state index contributed by atoms with van der Waals surface area (Å²) in [6, 6.07) is 62.9. The van der Waals surface area contributed by atoms with E-state index in [1.807, 2.05) is 0 Å². The van der Waals surface area contributed by atoms with Crippen molar-refractivity contribution in [3.05, 3.63) is 217 Å². The first kappa shape index (κ1) is 30.8. The largest absolute Gasteiger partial charge is 0.0767 e. The monoisotopic (exact) mass is 684 g/mol. The molecular weight excluding hydrogens is 649 g/mol. The topological polar surface area (TPSA) is 0 Å². The number of benzene rings is 8. The van der Waals surface area contributed by atoms with Crippen LogP contribution in [0, 0.1) is 11.8 Å². The Hall–Kier alpha value is -6.76. The fraction of sp³-hybridized carbons (Fsp3) is 0.0370. The van der Waals surface area contributed by atoms with Gasteiger partial charge in [-0.3, -0.25) is 0 Å². The van der Waals surface area contributed by atoms with Gasteiger partial charge in [-0.05, 0) is 124 Å². The average Bonchev–Trinajstić information content (AvgIpc) is 3.58. The Morgan fingerprint density at radius 1 is 0.315 bits per heavy atom. The van der Waals surface area contributed by atoms with Crippen LogP contribution in [-0.2, 0) is 0 Å². The second-order valence-corrected chi connectivity index (χ2v) is 14.8. The van der Waals surface area contributed by atoms with Crippen molar-refractivity contribution in [1.29, 1.82) is 0 Å². The highest BCUT2D eigenvalue weighted by atomic mass is 14.4. The van der Waals surface area contributed by atoms with Gasteiger partial charge in [-0.1, -0.05) is 182 Å². The van der Waals surface area contributed by atoms with E-state index >= 15 is 0 Å². The summed E-state index contributed by atoms with van der Waals surface area (Å²) < 4.78 is 0. The van der Waals surface area contributed by atoms with E-state index in [9.17, 15) is 0 Å². The van der Waals surface area contributed by atoms with E-state index in [2.05, 4.69) is 206 Å². The third-order valence-electron chi connectivity index (χ3n) is 11.8. The third-order valence-corrected chi connectivity index (χ3v) is 11.8. The summed E-state index contributed by atoms with van der Waals surface area (Å²) in [6.07, 6.45) is 14.1. The van der Waals surface area contributed by atoms with Crippen molar-refractivity contribution in [1.82, 2.24) is 0 Å². The molecule has 3 aliphatic rings. The predicted molar refractivity (Wildman–Crippen MR) is 230 cm³/mol. The highest BCUT2D eigenvalue weighted by Crippen LogP contribution is 2.59. The van der Waals surface area contributed by atoms with E-state index in [1.54, 1.807) is 0 Å². The molecule has 2 unspecified atom stereocenters. The summed E-state index contributed by atoms with van der Waals surface area (Å²) in [5.74, 6) is 0.657. The lowest BCUT2D eigenvalue weighted by Gasteiger charge is -2.26. The van der Waals surface area contributed by atoms with Gasteiger partial charge in [0.05, 0.1) is 0 Å². The van der Waals surface area contributed by atoms with Gasteiger partial charge in [0, 0.05) is 11.8 Å². The fourth-order valence-electron chi connectivity index (χ4n) is 9.43. The Morgan fingerprint density at radius 2 is 0.778 bits per heavy atom. The van der Waals surface area contributed by atoms with Crippen LogP contribution in [0.1, 0.15) is 11.1 Å². The number of allylic oxidation sites excluding steroid dienone is 8. The molecule has 0 saturated carbocycles. The molecule has 0 N–H and O–H groups in total. The second kappa shape index (κ2) is 12.4. The molecule has 3 aliphatic carbocycles. The smallest absolute Gasteiger partial charge is 0.0200 e. The normalized spacial score (nSPS) is 16.6. The van der Waals surface area contributed by atoms with Gasteiger partial charge >= 0.3 is 0 Å². The fourth-order valence-corrected chi connectivity index (χ4v) is 9.43. The summed E-state index contributed by atoms with van der Waals surface area (Å²) in [5.41, 5.74) is 18.1. The molecule has 0 nitrogen and oxygen atoms in total. The van der Waals surface area contributed by atoms with Crippen LogP contribution >= 0.6 is 0 Å². The lowest BCUT2D eigenvalue weighted by Crippen LogP contribution is -2.14. The molecule has 0 bridgehead atoms. The van der Waals surface area contributed by atoms with Gasteiger partial charge in [0.25, 0.3) is 0 Å². The summed E-state index contributed by atoms with van der Waals surface area (Å²) in [4.78, 5) is 0. The predicted octanol–water partition coefficient (Wildman–Crippen LogP) is 14.5. The zero-order valence-electron chi connectivity index (χ0n) is 29.8. The molecule has 252 valence electrons. The molecule has 0 fully saturated rings. The van der Waals surface area contributed by atoms with Crippen LogP contribution in [0.15, 0.2) is 206 Å². The maximum atomic E-state index is 2.51. The van der Waals surface area contributed by atoms with Gasteiger partial charge in [0.1, 0.15) is 0 Å². The minimum Gasteiger partial charge on any atom is -0.0767 e. The molecular formula is C54H36. The van der Waals surface area contributed by atoms with Crippen molar-refractivity contribution < 1.29 is 0 Å². The second-order valence-electron chi connectivity index (χ2n) is 14.8. The Kier molecular flexibility index (Phi) is 7.10. The molecule has 11 rings (SSSR count). The minimum absolute atomic E-state index is 0.309. The highest BCUT2D eigenvalue weighted by molar-refractivity contribution is 6.11. The molecule has 0 radical (unpaired) electrons. The van der Waals surface area contributed by atoms with Gasteiger partial charge < -0.3 is 0 Å². The number of hydrogen-bond donors (Lipinski definition) is 0. The van der Waals surface area contributed by atoms with Gasteiger partial charge in [0.15, 0.2) is 0 Å². The van der Waals surface area contributed by atoms with Crippen LogP contribution in [0.25, 0.3) is 88.3 Å². The van der Waals surface area contributed by atoms with Gasteiger partial charge in [-0.2, -0.15) is 0 Å². The van der Waals surface area contributed by atoms with E-state index in [-0.39, 0.29) is 0 Å². The Morgan fingerprint density at radius 3 is 1.37 bits per heavy atom.